The minimum absolute atomic E-state index is 0.0552. The summed E-state index contributed by atoms with van der Waals surface area (Å²) in [6.07, 6.45) is -22.5. The van der Waals surface area contributed by atoms with Gasteiger partial charge in [-0.25, -0.2) is 0 Å². The van der Waals surface area contributed by atoms with Gasteiger partial charge in [0.1, 0.15) is 0 Å². The van der Waals surface area contributed by atoms with Crippen LogP contribution in [-0.2, 0) is 10.8 Å². The Morgan fingerprint density at radius 2 is 0.565 bits per heavy atom. The molecule has 0 fully saturated rings. The van der Waals surface area contributed by atoms with E-state index in [9.17, 15) is 52.7 Å². The minimum Gasteiger partial charge on any atom is -0.399 e. The van der Waals surface area contributed by atoms with E-state index in [1.165, 1.54) is 6.07 Å². The molecule has 0 spiro atoms. The van der Waals surface area contributed by atoms with Crippen molar-refractivity contribution in [2.45, 2.75) is 35.5 Å². The van der Waals surface area contributed by atoms with Gasteiger partial charge in [-0.2, -0.15) is 52.7 Å². The van der Waals surface area contributed by atoms with Crippen LogP contribution in [0, 0.1) is 0 Å². The summed E-state index contributed by atoms with van der Waals surface area (Å²) in [5.74, 6) is 0. The highest BCUT2D eigenvalue weighted by molar-refractivity contribution is 5.53. The lowest BCUT2D eigenvalue weighted by atomic mass is 9.72. The lowest BCUT2D eigenvalue weighted by Crippen LogP contribution is -2.54. The van der Waals surface area contributed by atoms with Gasteiger partial charge in [-0.1, -0.05) is 48.5 Å². The van der Waals surface area contributed by atoms with Gasteiger partial charge in [0.25, 0.3) is 0 Å². The third-order valence-electron chi connectivity index (χ3n) is 7.05. The van der Waals surface area contributed by atoms with Gasteiger partial charge in [-0.15, -0.1) is 0 Å². The van der Waals surface area contributed by atoms with E-state index in [0.29, 0.717) is 6.07 Å². The van der Waals surface area contributed by atoms with E-state index in [1.54, 1.807) is 0 Å². The molecule has 0 saturated carbocycles. The van der Waals surface area contributed by atoms with E-state index in [0.717, 1.165) is 84.9 Å². The molecule has 0 amide bonds. The number of hydrogen-bond donors (Lipinski definition) is 4. The van der Waals surface area contributed by atoms with Crippen molar-refractivity contribution in [2.75, 3.05) is 22.9 Å². The molecule has 4 nitrogen and oxygen atoms in total. The molecule has 8 N–H and O–H groups in total. The SMILES string of the molecule is Nc1ccc(C(c2ccc(N)cc2)(C(F)(F)F)C(F)(F)F)cc1.Nc1ccc(C(c2cccc(N)c2)(C(F)(F)F)C(F)(F)F)cc1. The molecule has 46 heavy (non-hydrogen) atoms. The first kappa shape index (κ1) is 35.7. The summed E-state index contributed by atoms with van der Waals surface area (Å²) in [7, 11) is 0. The molecule has 0 aliphatic carbocycles. The summed E-state index contributed by atoms with van der Waals surface area (Å²) in [5, 5.41) is 0. The summed E-state index contributed by atoms with van der Waals surface area (Å²) in [6, 6.07) is 14.0. The van der Waals surface area contributed by atoms with Crippen molar-refractivity contribution in [1.29, 1.82) is 0 Å². The van der Waals surface area contributed by atoms with Crippen LogP contribution in [0.3, 0.4) is 0 Å². The predicted molar refractivity (Wildman–Crippen MR) is 149 cm³/mol. The molecular formula is C30H24F12N4. The molecule has 248 valence electrons. The maximum Gasteiger partial charge on any atom is 0.411 e. The number of halogens is 12. The monoisotopic (exact) mass is 668 g/mol. The molecule has 0 unspecified atom stereocenters. The standard InChI is InChI=1S/2C15H12F6N2/c16-14(17,18)13(15(19,20)21,9-1-5-11(22)6-2-9)10-3-7-12(23)8-4-10;16-14(17,18)13(15(19,20)21,9-4-6-11(22)7-5-9)10-2-1-3-12(23)8-10/h2*1-8H,22-23H2. The second-order valence-electron chi connectivity index (χ2n) is 9.98. The maximum atomic E-state index is 13.7. The van der Waals surface area contributed by atoms with Crippen LogP contribution >= 0.6 is 0 Å². The average molecular weight is 669 g/mol. The number of hydrogen-bond acceptors (Lipinski definition) is 4. The first-order valence-corrected chi connectivity index (χ1v) is 12.7. The normalized spacial score (nSPS) is 13.1. The second-order valence-corrected chi connectivity index (χ2v) is 9.98. The summed E-state index contributed by atoms with van der Waals surface area (Å²) in [6.45, 7) is 0. The highest BCUT2D eigenvalue weighted by Gasteiger charge is 2.73. The van der Waals surface area contributed by atoms with Crippen molar-refractivity contribution < 1.29 is 52.7 Å². The van der Waals surface area contributed by atoms with Crippen molar-refractivity contribution in [3.63, 3.8) is 0 Å². The van der Waals surface area contributed by atoms with Gasteiger partial charge in [-0.05, 0) is 70.8 Å². The fourth-order valence-corrected chi connectivity index (χ4v) is 4.94. The van der Waals surface area contributed by atoms with Gasteiger partial charge in [-0.3, -0.25) is 0 Å². The number of nitrogens with two attached hydrogens (primary N) is 4. The Morgan fingerprint density at radius 1 is 0.304 bits per heavy atom. The number of benzene rings is 4. The fraction of sp³-hybridized carbons (Fsp3) is 0.200. The van der Waals surface area contributed by atoms with Gasteiger partial charge in [0, 0.05) is 22.7 Å². The van der Waals surface area contributed by atoms with E-state index < -0.39 is 57.8 Å². The van der Waals surface area contributed by atoms with Crippen molar-refractivity contribution in [3.8, 4) is 0 Å². The van der Waals surface area contributed by atoms with E-state index >= 15 is 0 Å². The molecule has 0 aliphatic rings. The third kappa shape index (κ3) is 6.33. The average Bonchev–Trinajstić information content (AvgIpc) is 2.90. The molecule has 4 aromatic rings. The molecule has 0 aromatic heterocycles. The quantitative estimate of drug-likeness (QED) is 0.129. The highest BCUT2D eigenvalue weighted by atomic mass is 19.4. The topological polar surface area (TPSA) is 104 Å². The van der Waals surface area contributed by atoms with Gasteiger partial charge in [0.15, 0.2) is 0 Å². The molecule has 0 saturated heterocycles. The maximum absolute atomic E-state index is 13.7. The first-order chi connectivity index (χ1) is 21.0. The van der Waals surface area contributed by atoms with Crippen LogP contribution < -0.4 is 22.9 Å². The van der Waals surface area contributed by atoms with E-state index in [1.807, 2.05) is 0 Å². The van der Waals surface area contributed by atoms with Crippen LogP contribution in [-0.4, -0.2) is 24.7 Å². The summed E-state index contributed by atoms with van der Waals surface area (Å²) < 4.78 is 164. The molecular weight excluding hydrogens is 644 g/mol. The second kappa shape index (κ2) is 12.2. The number of anilines is 4. The Balaban J connectivity index is 0.000000250. The molecule has 0 radical (unpaired) electrons. The Hall–Kier alpha value is -4.76. The minimum atomic E-state index is -5.63. The Kier molecular flexibility index (Phi) is 9.48. The van der Waals surface area contributed by atoms with E-state index in [2.05, 4.69) is 0 Å². The summed E-state index contributed by atoms with van der Waals surface area (Å²) in [5.41, 5.74) is 9.22. The van der Waals surface area contributed by atoms with Gasteiger partial charge in [0.05, 0.1) is 0 Å². The summed E-state index contributed by atoms with van der Waals surface area (Å²) in [4.78, 5) is 0. The van der Waals surface area contributed by atoms with E-state index in [4.69, 9.17) is 22.9 Å². The predicted octanol–water partition coefficient (Wildman–Crippen LogP) is 8.52. The fourth-order valence-electron chi connectivity index (χ4n) is 4.94. The largest absolute Gasteiger partial charge is 0.411 e. The zero-order valence-electron chi connectivity index (χ0n) is 23.1. The van der Waals surface area contributed by atoms with Crippen molar-refractivity contribution in [3.05, 3.63) is 119 Å². The third-order valence-corrected chi connectivity index (χ3v) is 7.05. The highest BCUT2D eigenvalue weighted by Crippen LogP contribution is 2.57. The Labute approximate surface area is 253 Å². The van der Waals surface area contributed by atoms with Crippen LogP contribution in [0.15, 0.2) is 97.1 Å². The molecule has 16 heteroatoms. The number of alkyl halides is 12. The van der Waals surface area contributed by atoms with Crippen molar-refractivity contribution >= 4 is 22.7 Å². The lowest BCUT2D eigenvalue weighted by molar-refractivity contribution is -0.290. The van der Waals surface area contributed by atoms with Crippen LogP contribution in [0.25, 0.3) is 0 Å². The number of rotatable bonds is 4. The zero-order chi connectivity index (χ0) is 34.9. The van der Waals surface area contributed by atoms with Gasteiger partial charge in [0.2, 0.25) is 10.8 Å². The molecule has 4 rings (SSSR count). The Morgan fingerprint density at radius 3 is 0.804 bits per heavy atom. The smallest absolute Gasteiger partial charge is 0.399 e. The molecule has 0 aliphatic heterocycles. The molecule has 0 bridgehead atoms. The molecule has 4 aromatic carbocycles. The van der Waals surface area contributed by atoms with Crippen molar-refractivity contribution in [2.24, 2.45) is 0 Å². The molecule has 0 heterocycles. The van der Waals surface area contributed by atoms with Crippen LogP contribution in [0.5, 0.6) is 0 Å². The van der Waals surface area contributed by atoms with Gasteiger partial charge < -0.3 is 22.9 Å². The van der Waals surface area contributed by atoms with Crippen LogP contribution in [0.1, 0.15) is 22.3 Å². The Bertz CT molecular complexity index is 1530. The summed E-state index contributed by atoms with van der Waals surface area (Å²) >= 11 is 0. The van der Waals surface area contributed by atoms with Crippen LogP contribution in [0.4, 0.5) is 75.4 Å². The molecule has 0 atom stereocenters. The van der Waals surface area contributed by atoms with Gasteiger partial charge >= 0.3 is 24.7 Å². The first-order valence-electron chi connectivity index (χ1n) is 12.7. The van der Waals surface area contributed by atoms with Crippen LogP contribution in [0.2, 0.25) is 0 Å². The van der Waals surface area contributed by atoms with Crippen molar-refractivity contribution in [1.82, 2.24) is 0 Å². The zero-order valence-corrected chi connectivity index (χ0v) is 23.1. The van der Waals surface area contributed by atoms with E-state index in [-0.39, 0.29) is 22.7 Å². The number of nitrogen functional groups attached to an aromatic ring is 4. The lowest BCUT2D eigenvalue weighted by Gasteiger charge is -2.38.